The number of rotatable bonds is 3. The van der Waals surface area contributed by atoms with Gasteiger partial charge in [-0.25, -0.2) is 0 Å². The predicted octanol–water partition coefficient (Wildman–Crippen LogP) is 4.39. The Hall–Kier alpha value is -1.52. The number of carbonyl (C=O) groups excluding carboxylic acids is 1. The van der Waals surface area contributed by atoms with Crippen LogP contribution in [-0.4, -0.2) is 18.6 Å². The molecule has 0 bridgehead atoms. The van der Waals surface area contributed by atoms with E-state index < -0.39 is 18.1 Å². The minimum atomic E-state index is -4.37. The van der Waals surface area contributed by atoms with Crippen LogP contribution in [0.25, 0.3) is 0 Å². The molecule has 2 nitrogen and oxygen atoms in total. The summed E-state index contributed by atoms with van der Waals surface area (Å²) in [5.41, 5.74) is 1.73. The zero-order valence-electron chi connectivity index (χ0n) is 13.3. The normalized spacial score (nSPS) is 27.7. The fourth-order valence-electron chi connectivity index (χ4n) is 4.17. The third-order valence-corrected chi connectivity index (χ3v) is 5.69. The Morgan fingerprint density at radius 3 is 2.52 bits per heavy atom. The van der Waals surface area contributed by atoms with Gasteiger partial charge in [0.25, 0.3) is 0 Å². The number of hydrogen-bond donors (Lipinski definition) is 0. The number of halogens is 3. The fourth-order valence-corrected chi connectivity index (χ4v) is 4.17. The average molecular weight is 323 g/mol. The minimum Gasteiger partial charge on any atom is -0.302 e. The number of hydrogen-bond acceptors (Lipinski definition) is 1. The fraction of sp³-hybridized carbons (Fsp3) is 0.611. The number of alkyl halides is 3. The number of anilines is 1. The number of fused-ring (bicyclic) bond motifs is 2. The number of amides is 1. The molecule has 1 spiro atoms. The topological polar surface area (TPSA) is 20.3 Å². The lowest BCUT2D eigenvalue weighted by Gasteiger charge is -2.20. The lowest BCUT2D eigenvalue weighted by Crippen LogP contribution is -2.39. The summed E-state index contributed by atoms with van der Waals surface area (Å²) in [7, 11) is 0. The Morgan fingerprint density at radius 2 is 2.00 bits per heavy atom. The average Bonchev–Trinajstić information content (AvgIpc) is 3.34. The molecule has 0 saturated heterocycles. The molecule has 3 aliphatic rings. The van der Waals surface area contributed by atoms with Gasteiger partial charge in [-0.15, -0.1) is 0 Å². The van der Waals surface area contributed by atoms with E-state index in [-0.39, 0.29) is 5.91 Å². The van der Waals surface area contributed by atoms with E-state index >= 15 is 0 Å². The van der Waals surface area contributed by atoms with Crippen molar-refractivity contribution in [3.8, 4) is 0 Å². The summed E-state index contributed by atoms with van der Waals surface area (Å²) in [6.07, 6.45) is -1.94. The number of benzene rings is 1. The minimum absolute atomic E-state index is 0.363. The van der Waals surface area contributed by atoms with Gasteiger partial charge in [-0.1, -0.05) is 26.0 Å². The molecule has 1 unspecified atom stereocenters. The molecule has 1 aliphatic heterocycles. The highest BCUT2D eigenvalue weighted by Gasteiger charge is 2.60. The number of carbonyl (C=O) groups is 1. The predicted molar refractivity (Wildman–Crippen MR) is 81.4 cm³/mol. The molecule has 2 saturated carbocycles. The van der Waals surface area contributed by atoms with Crippen molar-refractivity contribution in [1.82, 2.24) is 0 Å². The van der Waals surface area contributed by atoms with E-state index in [4.69, 9.17) is 0 Å². The van der Waals surface area contributed by atoms with E-state index in [1.165, 1.54) is 0 Å². The Balaban J connectivity index is 1.70. The Bertz CT molecular complexity index is 675. The van der Waals surface area contributed by atoms with Gasteiger partial charge in [-0.3, -0.25) is 4.79 Å². The summed E-state index contributed by atoms with van der Waals surface area (Å²) in [6, 6.07) is 5.77. The van der Waals surface area contributed by atoms with Gasteiger partial charge in [0.15, 0.2) is 0 Å². The molecule has 1 amide bonds. The highest BCUT2D eigenvalue weighted by atomic mass is 19.4. The van der Waals surface area contributed by atoms with E-state index in [9.17, 15) is 18.0 Å². The maximum Gasteiger partial charge on any atom is 0.406 e. The van der Waals surface area contributed by atoms with Crippen molar-refractivity contribution in [3.63, 3.8) is 0 Å². The van der Waals surface area contributed by atoms with Gasteiger partial charge >= 0.3 is 6.18 Å². The molecular weight excluding hydrogens is 303 g/mol. The maximum absolute atomic E-state index is 12.9. The van der Waals surface area contributed by atoms with Crippen molar-refractivity contribution in [2.75, 3.05) is 11.4 Å². The van der Waals surface area contributed by atoms with Gasteiger partial charge in [0.05, 0.1) is 5.41 Å². The van der Waals surface area contributed by atoms with Gasteiger partial charge in [-0.05, 0) is 54.2 Å². The molecular formula is C18H20F3NO. The molecule has 1 aromatic rings. The second-order valence-corrected chi connectivity index (χ2v) is 7.62. The van der Waals surface area contributed by atoms with Crippen LogP contribution >= 0.6 is 0 Å². The molecule has 0 radical (unpaired) electrons. The van der Waals surface area contributed by atoms with Gasteiger partial charge in [-0.2, -0.15) is 13.2 Å². The molecule has 0 N–H and O–H groups in total. The van der Waals surface area contributed by atoms with Crippen LogP contribution in [0.15, 0.2) is 18.2 Å². The molecule has 5 heteroatoms. The van der Waals surface area contributed by atoms with Crippen molar-refractivity contribution >= 4 is 11.6 Å². The summed E-state index contributed by atoms with van der Waals surface area (Å²) >= 11 is 0. The molecule has 2 fully saturated rings. The van der Waals surface area contributed by atoms with Gasteiger partial charge in [0.1, 0.15) is 6.54 Å². The van der Waals surface area contributed by atoms with Crippen LogP contribution in [0.5, 0.6) is 0 Å². The largest absolute Gasteiger partial charge is 0.406 e. The van der Waals surface area contributed by atoms with Crippen LogP contribution in [0.2, 0.25) is 0 Å². The van der Waals surface area contributed by atoms with Gasteiger partial charge in [0.2, 0.25) is 5.91 Å². The number of nitrogens with zero attached hydrogens (tertiary/aromatic N) is 1. The second kappa shape index (κ2) is 4.52. The van der Waals surface area contributed by atoms with E-state index in [0.717, 1.165) is 22.4 Å². The first kappa shape index (κ1) is 15.0. The van der Waals surface area contributed by atoms with Crippen molar-refractivity contribution in [2.45, 2.75) is 50.6 Å². The molecule has 124 valence electrons. The zero-order valence-corrected chi connectivity index (χ0v) is 13.3. The summed E-state index contributed by atoms with van der Waals surface area (Å²) in [4.78, 5) is 13.5. The first-order valence-electron chi connectivity index (χ1n) is 8.26. The first-order chi connectivity index (χ1) is 10.7. The van der Waals surface area contributed by atoms with Crippen LogP contribution in [-0.2, 0) is 10.2 Å². The van der Waals surface area contributed by atoms with Crippen molar-refractivity contribution < 1.29 is 18.0 Å². The quantitative estimate of drug-likeness (QED) is 0.808. The van der Waals surface area contributed by atoms with E-state index in [2.05, 4.69) is 13.8 Å². The third-order valence-electron chi connectivity index (χ3n) is 5.69. The highest BCUT2D eigenvalue weighted by molar-refractivity contribution is 6.10. The van der Waals surface area contributed by atoms with E-state index in [1.807, 2.05) is 18.2 Å². The molecule has 2 atom stereocenters. The molecule has 23 heavy (non-hydrogen) atoms. The van der Waals surface area contributed by atoms with Crippen LogP contribution in [0.3, 0.4) is 0 Å². The van der Waals surface area contributed by atoms with Crippen LogP contribution in [0.1, 0.15) is 50.2 Å². The summed E-state index contributed by atoms with van der Waals surface area (Å²) in [5, 5.41) is 0. The SMILES string of the molecule is CC(C)[C@H]1CC1c1ccc2c(c1)N(CC(F)(F)F)C(=O)C21CC1. The molecule has 1 aromatic carbocycles. The first-order valence-corrected chi connectivity index (χ1v) is 8.26. The highest BCUT2D eigenvalue weighted by Crippen LogP contribution is 2.59. The Labute approximate surface area is 133 Å². The molecule has 0 aromatic heterocycles. The van der Waals surface area contributed by atoms with Crippen molar-refractivity contribution in [3.05, 3.63) is 29.3 Å². The van der Waals surface area contributed by atoms with E-state index in [0.29, 0.717) is 36.3 Å². The summed E-state index contributed by atoms with van der Waals surface area (Å²) in [5.74, 6) is 1.25. The maximum atomic E-state index is 12.9. The lowest BCUT2D eigenvalue weighted by molar-refractivity contribution is -0.132. The second-order valence-electron chi connectivity index (χ2n) is 7.62. The van der Waals surface area contributed by atoms with Crippen LogP contribution < -0.4 is 4.90 Å². The van der Waals surface area contributed by atoms with Gasteiger partial charge < -0.3 is 4.90 Å². The van der Waals surface area contributed by atoms with Crippen molar-refractivity contribution in [2.24, 2.45) is 11.8 Å². The van der Waals surface area contributed by atoms with Gasteiger partial charge in [0, 0.05) is 5.69 Å². The Kier molecular flexibility index (Phi) is 2.95. The summed E-state index contributed by atoms with van der Waals surface area (Å²) < 4.78 is 38.7. The Morgan fingerprint density at radius 1 is 1.30 bits per heavy atom. The van der Waals surface area contributed by atoms with Crippen LogP contribution in [0, 0.1) is 11.8 Å². The smallest absolute Gasteiger partial charge is 0.302 e. The zero-order chi connectivity index (χ0) is 16.6. The summed E-state index contributed by atoms with van der Waals surface area (Å²) in [6.45, 7) is 3.18. The van der Waals surface area contributed by atoms with E-state index in [1.54, 1.807) is 0 Å². The van der Waals surface area contributed by atoms with Crippen LogP contribution in [0.4, 0.5) is 18.9 Å². The molecule has 2 aliphatic carbocycles. The third kappa shape index (κ3) is 2.27. The standard InChI is InChI=1S/C18H20F3NO/c1-10(2)12-8-13(12)11-3-4-14-15(7-11)22(9-18(19,20)21)16(23)17(14)5-6-17/h3-4,7,10,12-13H,5-6,8-9H2,1-2H3/t12-,13?/m1/s1. The molecule has 4 rings (SSSR count). The lowest BCUT2D eigenvalue weighted by atomic mass is 9.95. The molecule has 1 heterocycles. The monoisotopic (exact) mass is 323 g/mol. The van der Waals surface area contributed by atoms with Crippen molar-refractivity contribution in [1.29, 1.82) is 0 Å².